The summed E-state index contributed by atoms with van der Waals surface area (Å²) in [5.74, 6) is 0.209. The molecule has 0 spiro atoms. The average Bonchev–Trinajstić information content (AvgIpc) is 3.33. The Labute approximate surface area is 175 Å². The quantitative estimate of drug-likeness (QED) is 0.813. The van der Waals surface area contributed by atoms with Crippen LogP contribution in [-0.4, -0.2) is 63.8 Å². The molecule has 29 heavy (non-hydrogen) atoms. The highest BCUT2D eigenvalue weighted by atomic mass is 32.1. The van der Waals surface area contributed by atoms with Gasteiger partial charge in [-0.3, -0.25) is 19.5 Å². The summed E-state index contributed by atoms with van der Waals surface area (Å²) < 4.78 is 0. The average molecular weight is 414 g/mol. The van der Waals surface area contributed by atoms with Crippen LogP contribution in [0.5, 0.6) is 0 Å². The van der Waals surface area contributed by atoms with Crippen LogP contribution >= 0.6 is 11.3 Å². The summed E-state index contributed by atoms with van der Waals surface area (Å²) in [7, 11) is 0. The number of rotatable bonds is 5. The van der Waals surface area contributed by atoms with E-state index in [-0.39, 0.29) is 17.7 Å². The second-order valence-corrected chi connectivity index (χ2v) is 8.53. The van der Waals surface area contributed by atoms with Crippen LogP contribution in [0, 0.1) is 5.92 Å². The fourth-order valence-corrected chi connectivity index (χ4v) is 4.83. The number of hydrogen-bond donors (Lipinski definition) is 1. The highest BCUT2D eigenvalue weighted by molar-refractivity contribution is 7.07. The number of carbonyl (C=O) groups excluding carboxylic acids is 2. The van der Waals surface area contributed by atoms with Crippen LogP contribution in [-0.2, 0) is 11.3 Å². The molecule has 2 fully saturated rings. The van der Waals surface area contributed by atoms with Gasteiger partial charge in [-0.05, 0) is 43.9 Å². The summed E-state index contributed by atoms with van der Waals surface area (Å²) in [5, 5.41) is 4.88. The molecular formula is C21H27N5O2S. The maximum Gasteiger partial charge on any atom is 0.273 e. The minimum Gasteiger partial charge on any atom is -0.352 e. The second kappa shape index (κ2) is 9.45. The van der Waals surface area contributed by atoms with Crippen molar-refractivity contribution in [2.75, 3.05) is 26.2 Å². The molecule has 2 aromatic rings. The van der Waals surface area contributed by atoms with E-state index in [0.717, 1.165) is 57.4 Å². The molecule has 1 atom stereocenters. The maximum absolute atomic E-state index is 12.7. The molecule has 8 heteroatoms. The minimum atomic E-state index is 0.0371. The van der Waals surface area contributed by atoms with E-state index in [1.165, 1.54) is 11.3 Å². The molecule has 0 aliphatic carbocycles. The lowest BCUT2D eigenvalue weighted by Gasteiger charge is -2.41. The first-order valence-corrected chi connectivity index (χ1v) is 11.2. The van der Waals surface area contributed by atoms with E-state index in [2.05, 4.69) is 20.2 Å². The van der Waals surface area contributed by atoms with Gasteiger partial charge in [-0.2, -0.15) is 0 Å². The van der Waals surface area contributed by atoms with Crippen LogP contribution in [0.25, 0.3) is 0 Å². The van der Waals surface area contributed by atoms with Crippen molar-refractivity contribution in [3.05, 3.63) is 46.7 Å². The Balaban J connectivity index is 1.25. The van der Waals surface area contributed by atoms with E-state index in [4.69, 9.17) is 0 Å². The zero-order chi connectivity index (χ0) is 20.1. The van der Waals surface area contributed by atoms with Gasteiger partial charge in [0.05, 0.1) is 11.4 Å². The molecule has 4 heterocycles. The summed E-state index contributed by atoms with van der Waals surface area (Å²) in [5.41, 5.74) is 3.27. The van der Waals surface area contributed by atoms with Crippen LogP contribution in [0.1, 0.15) is 41.7 Å². The van der Waals surface area contributed by atoms with E-state index >= 15 is 0 Å². The zero-order valence-electron chi connectivity index (χ0n) is 16.5. The van der Waals surface area contributed by atoms with Crippen LogP contribution in [0.15, 0.2) is 35.4 Å². The third-order valence-corrected chi connectivity index (χ3v) is 6.52. The van der Waals surface area contributed by atoms with Crippen molar-refractivity contribution in [1.82, 2.24) is 25.1 Å². The van der Waals surface area contributed by atoms with Gasteiger partial charge in [-0.25, -0.2) is 4.98 Å². The van der Waals surface area contributed by atoms with Crippen LogP contribution in [0.4, 0.5) is 0 Å². The number of thiazole rings is 1. The molecule has 0 aromatic carbocycles. The van der Waals surface area contributed by atoms with Gasteiger partial charge in [0, 0.05) is 50.0 Å². The third-order valence-electron chi connectivity index (χ3n) is 5.93. The summed E-state index contributed by atoms with van der Waals surface area (Å²) >= 11 is 1.45. The van der Waals surface area contributed by atoms with Gasteiger partial charge in [-0.15, -0.1) is 11.3 Å². The molecule has 2 saturated heterocycles. The summed E-state index contributed by atoms with van der Waals surface area (Å²) in [4.78, 5) is 37.7. The first kappa shape index (κ1) is 20.0. The summed E-state index contributed by atoms with van der Waals surface area (Å²) in [6.07, 6.45) is 7.42. The SMILES string of the molecule is O=C(NCc1cccnc1)C1CCCN(C2CCN(C(=O)c3cscn3)CC2)C1. The number of hydrogen-bond acceptors (Lipinski definition) is 6. The third kappa shape index (κ3) is 5.00. The number of pyridine rings is 1. The second-order valence-electron chi connectivity index (χ2n) is 7.81. The Morgan fingerprint density at radius 3 is 2.79 bits per heavy atom. The Bertz CT molecular complexity index is 806. The highest BCUT2D eigenvalue weighted by Gasteiger charge is 2.32. The molecule has 4 rings (SSSR count). The number of aromatic nitrogens is 2. The highest BCUT2D eigenvalue weighted by Crippen LogP contribution is 2.25. The Hall–Kier alpha value is -2.32. The zero-order valence-corrected chi connectivity index (χ0v) is 17.3. The van der Waals surface area contributed by atoms with Crippen molar-refractivity contribution in [3.63, 3.8) is 0 Å². The normalized spacial score (nSPS) is 21.1. The van der Waals surface area contributed by atoms with Gasteiger partial charge >= 0.3 is 0 Å². The lowest BCUT2D eigenvalue weighted by atomic mass is 9.93. The standard InChI is InChI=1S/C21H27N5O2S/c27-20(23-12-16-3-1-7-22-11-16)17-4-2-8-26(13-17)18-5-9-25(10-6-18)21(28)19-14-29-15-24-19/h1,3,7,11,14-15,17-18H,2,4-6,8-10,12-13H2,(H,23,27). The van der Waals surface area contributed by atoms with E-state index in [1.54, 1.807) is 17.9 Å². The molecule has 2 amide bonds. The van der Waals surface area contributed by atoms with Gasteiger partial charge in [0.2, 0.25) is 5.91 Å². The number of piperidine rings is 2. The Kier molecular flexibility index (Phi) is 6.51. The summed E-state index contributed by atoms with van der Waals surface area (Å²) in [6.45, 7) is 3.89. The fourth-order valence-electron chi connectivity index (χ4n) is 4.30. The van der Waals surface area contributed by atoms with Crippen LogP contribution in [0.3, 0.4) is 0 Å². The molecule has 0 radical (unpaired) electrons. The number of nitrogens with one attached hydrogen (secondary N) is 1. The molecule has 2 aliphatic rings. The van der Waals surface area contributed by atoms with Gasteiger partial charge in [0.1, 0.15) is 5.69 Å². The van der Waals surface area contributed by atoms with Crippen molar-refractivity contribution in [2.45, 2.75) is 38.3 Å². The van der Waals surface area contributed by atoms with Crippen molar-refractivity contribution in [1.29, 1.82) is 0 Å². The van der Waals surface area contributed by atoms with E-state index in [0.29, 0.717) is 18.3 Å². The molecular weight excluding hydrogens is 386 g/mol. The first-order chi connectivity index (χ1) is 14.2. The molecule has 2 aliphatic heterocycles. The first-order valence-electron chi connectivity index (χ1n) is 10.3. The van der Waals surface area contributed by atoms with Crippen LogP contribution < -0.4 is 5.32 Å². The maximum atomic E-state index is 12.7. The molecule has 1 unspecified atom stereocenters. The van der Waals surface area contributed by atoms with Crippen molar-refractivity contribution < 1.29 is 9.59 Å². The van der Waals surface area contributed by atoms with Crippen LogP contribution in [0.2, 0.25) is 0 Å². The smallest absolute Gasteiger partial charge is 0.273 e. The molecule has 0 bridgehead atoms. The van der Waals surface area contributed by atoms with Crippen molar-refractivity contribution in [3.8, 4) is 0 Å². The Morgan fingerprint density at radius 2 is 2.07 bits per heavy atom. The van der Waals surface area contributed by atoms with Crippen molar-refractivity contribution in [2.24, 2.45) is 5.92 Å². The van der Waals surface area contributed by atoms with E-state index in [1.807, 2.05) is 22.4 Å². The number of likely N-dealkylation sites (tertiary alicyclic amines) is 2. The molecule has 1 N–H and O–H groups in total. The summed E-state index contributed by atoms with van der Waals surface area (Å²) in [6, 6.07) is 4.31. The fraction of sp³-hybridized carbons (Fsp3) is 0.524. The van der Waals surface area contributed by atoms with Gasteiger partial charge < -0.3 is 10.2 Å². The number of nitrogens with zero attached hydrogens (tertiary/aromatic N) is 4. The van der Waals surface area contributed by atoms with Crippen molar-refractivity contribution >= 4 is 23.2 Å². The molecule has 7 nitrogen and oxygen atoms in total. The molecule has 0 saturated carbocycles. The van der Waals surface area contributed by atoms with E-state index in [9.17, 15) is 9.59 Å². The number of amides is 2. The monoisotopic (exact) mass is 413 g/mol. The predicted octanol–water partition coefficient (Wildman–Crippen LogP) is 2.17. The van der Waals surface area contributed by atoms with Gasteiger partial charge in [0.15, 0.2) is 0 Å². The lowest BCUT2D eigenvalue weighted by molar-refractivity contribution is -0.127. The minimum absolute atomic E-state index is 0.0371. The number of carbonyl (C=O) groups is 2. The van der Waals surface area contributed by atoms with Gasteiger partial charge in [0.25, 0.3) is 5.91 Å². The predicted molar refractivity (Wildman–Crippen MR) is 111 cm³/mol. The Morgan fingerprint density at radius 1 is 1.21 bits per heavy atom. The molecule has 2 aromatic heterocycles. The van der Waals surface area contributed by atoms with Gasteiger partial charge in [-0.1, -0.05) is 6.07 Å². The lowest BCUT2D eigenvalue weighted by Crippen LogP contribution is -2.51. The topological polar surface area (TPSA) is 78.4 Å². The van der Waals surface area contributed by atoms with E-state index < -0.39 is 0 Å². The largest absolute Gasteiger partial charge is 0.352 e. The molecule has 154 valence electrons.